The molecule has 1 fully saturated rings. The first-order valence-electron chi connectivity index (χ1n) is 7.21. The number of ether oxygens (including phenoxy) is 1. The van der Waals surface area contributed by atoms with E-state index >= 15 is 0 Å². The minimum Gasteiger partial charge on any atom is -0.377 e. The van der Waals surface area contributed by atoms with Gasteiger partial charge in [-0.05, 0) is 33.2 Å². The zero-order valence-electron chi connectivity index (χ0n) is 13.0. The molecular weight excluding hydrogens is 258 g/mol. The van der Waals surface area contributed by atoms with Gasteiger partial charge in [-0.25, -0.2) is 0 Å². The van der Waals surface area contributed by atoms with Gasteiger partial charge in [0.2, 0.25) is 11.8 Å². The molecule has 0 aromatic carbocycles. The lowest BCUT2D eigenvalue weighted by molar-refractivity contribution is -0.134. The third kappa shape index (κ3) is 5.88. The Morgan fingerprint density at radius 2 is 2.00 bits per heavy atom. The Kier molecular flexibility index (Phi) is 6.95. The van der Waals surface area contributed by atoms with Gasteiger partial charge in [0.1, 0.15) is 6.04 Å². The molecule has 1 rings (SSSR count). The van der Waals surface area contributed by atoms with Crippen LogP contribution in [0.25, 0.3) is 0 Å². The van der Waals surface area contributed by atoms with Gasteiger partial charge < -0.3 is 15.0 Å². The Hall–Kier alpha value is -1.14. The minimum absolute atomic E-state index is 0.100. The van der Waals surface area contributed by atoms with Crippen molar-refractivity contribution in [1.82, 2.24) is 15.1 Å². The van der Waals surface area contributed by atoms with Crippen LogP contribution in [0.3, 0.4) is 0 Å². The largest absolute Gasteiger partial charge is 0.377 e. The van der Waals surface area contributed by atoms with Gasteiger partial charge in [-0.15, -0.1) is 0 Å². The standard InChI is InChI=1S/C14H27N3O3/c1-11(14(19)16(2)3)15-13(18)10-17(4)9-12-7-5-6-8-20-12/h11-12H,5-10H2,1-4H3,(H,15,18). The first kappa shape index (κ1) is 16.9. The van der Waals surface area contributed by atoms with Crippen molar-refractivity contribution in [2.24, 2.45) is 0 Å². The number of hydrogen-bond donors (Lipinski definition) is 1. The monoisotopic (exact) mass is 285 g/mol. The zero-order chi connectivity index (χ0) is 15.1. The van der Waals surface area contributed by atoms with Crippen LogP contribution in [0.5, 0.6) is 0 Å². The summed E-state index contributed by atoms with van der Waals surface area (Å²) in [4.78, 5) is 26.9. The molecule has 0 bridgehead atoms. The first-order chi connectivity index (χ1) is 9.40. The summed E-state index contributed by atoms with van der Waals surface area (Å²) in [5.74, 6) is -0.234. The molecule has 116 valence electrons. The summed E-state index contributed by atoms with van der Waals surface area (Å²) in [5, 5.41) is 2.72. The highest BCUT2D eigenvalue weighted by Crippen LogP contribution is 2.13. The number of rotatable bonds is 6. The first-order valence-corrected chi connectivity index (χ1v) is 7.21. The van der Waals surface area contributed by atoms with Gasteiger partial charge in [-0.3, -0.25) is 14.5 Å². The van der Waals surface area contributed by atoms with Gasteiger partial charge in [-0.1, -0.05) is 0 Å². The summed E-state index contributed by atoms with van der Waals surface area (Å²) >= 11 is 0. The van der Waals surface area contributed by atoms with Crippen molar-refractivity contribution in [3.05, 3.63) is 0 Å². The number of carbonyl (C=O) groups is 2. The second-order valence-corrected chi connectivity index (χ2v) is 5.71. The molecule has 0 spiro atoms. The average molecular weight is 285 g/mol. The van der Waals surface area contributed by atoms with E-state index in [1.165, 1.54) is 11.3 Å². The molecule has 6 heteroatoms. The van der Waals surface area contributed by atoms with Crippen molar-refractivity contribution < 1.29 is 14.3 Å². The Morgan fingerprint density at radius 3 is 2.55 bits per heavy atom. The fourth-order valence-electron chi connectivity index (χ4n) is 2.34. The van der Waals surface area contributed by atoms with Crippen molar-refractivity contribution >= 4 is 11.8 Å². The lowest BCUT2D eigenvalue weighted by Gasteiger charge is -2.27. The van der Waals surface area contributed by atoms with Crippen LogP contribution >= 0.6 is 0 Å². The highest BCUT2D eigenvalue weighted by molar-refractivity contribution is 5.87. The quantitative estimate of drug-likeness (QED) is 0.751. The van der Waals surface area contributed by atoms with Gasteiger partial charge in [0, 0.05) is 27.2 Å². The molecule has 1 saturated heterocycles. The van der Waals surface area contributed by atoms with Crippen LogP contribution in [0.1, 0.15) is 26.2 Å². The molecule has 0 aromatic rings. The molecule has 2 unspecified atom stereocenters. The van der Waals surface area contributed by atoms with E-state index in [1.807, 2.05) is 11.9 Å². The second kappa shape index (κ2) is 8.21. The fraction of sp³-hybridized carbons (Fsp3) is 0.857. The van der Waals surface area contributed by atoms with E-state index in [1.54, 1.807) is 21.0 Å². The van der Waals surface area contributed by atoms with Crippen molar-refractivity contribution in [2.45, 2.75) is 38.3 Å². The van der Waals surface area contributed by atoms with Crippen molar-refractivity contribution in [3.8, 4) is 0 Å². The smallest absolute Gasteiger partial charge is 0.244 e. The molecule has 1 heterocycles. The number of nitrogens with zero attached hydrogens (tertiary/aromatic N) is 2. The maximum absolute atomic E-state index is 11.9. The molecular formula is C14H27N3O3. The van der Waals surface area contributed by atoms with Gasteiger partial charge in [0.15, 0.2) is 0 Å². The minimum atomic E-state index is -0.489. The predicted octanol–water partition coefficient (Wildman–Crippen LogP) is 0.0802. The van der Waals surface area contributed by atoms with Crippen LogP contribution < -0.4 is 5.32 Å². The molecule has 0 aliphatic carbocycles. The molecule has 0 aromatic heterocycles. The SMILES string of the molecule is CC(NC(=O)CN(C)CC1CCCCO1)C(=O)N(C)C. The number of likely N-dealkylation sites (N-methyl/N-ethyl adjacent to an activating group) is 2. The van der Waals surface area contributed by atoms with Crippen LogP contribution in [0.15, 0.2) is 0 Å². The van der Waals surface area contributed by atoms with Gasteiger partial charge in [-0.2, -0.15) is 0 Å². The van der Waals surface area contributed by atoms with Gasteiger partial charge in [0.25, 0.3) is 0 Å². The highest BCUT2D eigenvalue weighted by atomic mass is 16.5. The van der Waals surface area contributed by atoms with E-state index in [9.17, 15) is 9.59 Å². The van der Waals surface area contributed by atoms with Crippen LogP contribution in [0.2, 0.25) is 0 Å². The summed E-state index contributed by atoms with van der Waals surface area (Å²) in [7, 11) is 5.25. The summed E-state index contributed by atoms with van der Waals surface area (Å²) in [6.07, 6.45) is 3.60. The van der Waals surface area contributed by atoms with Crippen LogP contribution in [-0.4, -0.2) is 74.6 Å². The Bertz CT molecular complexity index is 328. The molecule has 1 aliphatic rings. The Morgan fingerprint density at radius 1 is 1.30 bits per heavy atom. The number of nitrogens with one attached hydrogen (secondary N) is 1. The maximum Gasteiger partial charge on any atom is 0.244 e. The topological polar surface area (TPSA) is 61.9 Å². The number of amides is 2. The molecule has 0 saturated carbocycles. The fourth-order valence-corrected chi connectivity index (χ4v) is 2.34. The maximum atomic E-state index is 11.9. The summed E-state index contributed by atoms with van der Waals surface area (Å²) in [6, 6.07) is -0.489. The van der Waals surface area contributed by atoms with E-state index in [0.29, 0.717) is 0 Å². The van der Waals surface area contributed by atoms with E-state index in [4.69, 9.17) is 4.74 Å². The van der Waals surface area contributed by atoms with Crippen molar-refractivity contribution in [2.75, 3.05) is 40.8 Å². The van der Waals surface area contributed by atoms with E-state index < -0.39 is 6.04 Å². The van der Waals surface area contributed by atoms with Crippen LogP contribution in [0.4, 0.5) is 0 Å². The average Bonchev–Trinajstić information content (AvgIpc) is 2.38. The Balaban J connectivity index is 2.28. The third-order valence-electron chi connectivity index (χ3n) is 3.39. The molecule has 2 atom stereocenters. The molecule has 2 amide bonds. The lowest BCUT2D eigenvalue weighted by atomic mass is 10.1. The molecule has 1 aliphatic heterocycles. The van der Waals surface area contributed by atoms with Crippen LogP contribution in [0, 0.1) is 0 Å². The highest BCUT2D eigenvalue weighted by Gasteiger charge is 2.20. The van der Waals surface area contributed by atoms with Crippen molar-refractivity contribution in [1.29, 1.82) is 0 Å². The normalized spacial score (nSPS) is 20.6. The van der Waals surface area contributed by atoms with Crippen molar-refractivity contribution in [3.63, 3.8) is 0 Å². The number of carbonyl (C=O) groups excluding carboxylic acids is 2. The molecule has 20 heavy (non-hydrogen) atoms. The summed E-state index contributed by atoms with van der Waals surface area (Å²) in [5.41, 5.74) is 0. The molecule has 1 N–H and O–H groups in total. The predicted molar refractivity (Wildman–Crippen MR) is 77.4 cm³/mol. The third-order valence-corrected chi connectivity index (χ3v) is 3.39. The zero-order valence-corrected chi connectivity index (χ0v) is 13.0. The van der Waals surface area contributed by atoms with E-state index in [0.717, 1.165) is 26.0 Å². The second-order valence-electron chi connectivity index (χ2n) is 5.71. The lowest BCUT2D eigenvalue weighted by Crippen LogP contribution is -2.48. The summed E-state index contributed by atoms with van der Waals surface area (Å²) in [6.45, 7) is 3.55. The van der Waals surface area contributed by atoms with Crippen LogP contribution in [-0.2, 0) is 14.3 Å². The summed E-state index contributed by atoms with van der Waals surface area (Å²) < 4.78 is 5.65. The van der Waals surface area contributed by atoms with E-state index in [2.05, 4.69) is 5.32 Å². The Labute approximate surface area is 121 Å². The number of hydrogen-bond acceptors (Lipinski definition) is 4. The molecule has 6 nitrogen and oxygen atoms in total. The molecule has 0 radical (unpaired) electrons. The van der Waals surface area contributed by atoms with Gasteiger partial charge >= 0.3 is 0 Å². The van der Waals surface area contributed by atoms with E-state index in [-0.39, 0.29) is 24.5 Å². The van der Waals surface area contributed by atoms with Gasteiger partial charge in [0.05, 0.1) is 12.6 Å².